The van der Waals surface area contributed by atoms with Gasteiger partial charge in [-0.15, -0.1) is 0 Å². The summed E-state index contributed by atoms with van der Waals surface area (Å²) >= 11 is 0. The van der Waals surface area contributed by atoms with E-state index in [2.05, 4.69) is 38.2 Å². The maximum atomic E-state index is 13.5. The third-order valence-corrected chi connectivity index (χ3v) is 14.3. The average molecular weight is 996 g/mol. The molecule has 0 aliphatic heterocycles. The minimum atomic E-state index is -4.69. The van der Waals surface area contributed by atoms with E-state index >= 15 is 0 Å². The molecule has 0 aliphatic rings. The minimum absolute atomic E-state index is 0.0195. The van der Waals surface area contributed by atoms with Gasteiger partial charge in [0.2, 0.25) is 5.91 Å². The molecule has 3 atom stereocenters. The molecule has 1 amide bonds. The van der Waals surface area contributed by atoms with Crippen LogP contribution in [0, 0.1) is 0 Å². The summed E-state index contributed by atoms with van der Waals surface area (Å²) in [7, 11) is 1.20. The summed E-state index contributed by atoms with van der Waals surface area (Å²) in [6.07, 6.45) is 57.0. The number of carbonyl (C=O) groups excluding carboxylic acids is 2. The van der Waals surface area contributed by atoms with Crippen LogP contribution in [0.25, 0.3) is 0 Å². The third-order valence-electron chi connectivity index (χ3n) is 13.4. The Balaban J connectivity index is 5.30. The highest BCUT2D eigenvalue weighted by molar-refractivity contribution is 7.45. The maximum Gasteiger partial charge on any atom is 0.306 e. The largest absolute Gasteiger partial charge is 0.756 e. The number of esters is 1. The van der Waals surface area contributed by atoms with Crippen molar-refractivity contribution in [1.29, 1.82) is 0 Å². The number of phosphoric ester groups is 1. The van der Waals surface area contributed by atoms with E-state index in [4.69, 9.17) is 13.8 Å². The Kier molecular flexibility index (Phi) is 48.9. The maximum absolute atomic E-state index is 13.5. The molecule has 10 heteroatoms. The normalized spacial score (nSPS) is 13.9. The van der Waals surface area contributed by atoms with Crippen LogP contribution in [0.5, 0.6) is 0 Å². The Bertz CT molecular complexity index is 1240. The number of rotatable bonds is 54. The smallest absolute Gasteiger partial charge is 0.306 e. The minimum Gasteiger partial charge on any atom is -0.756 e. The quantitative estimate of drug-likeness (QED) is 0.0212. The van der Waals surface area contributed by atoms with Gasteiger partial charge in [-0.1, -0.05) is 244 Å². The lowest BCUT2D eigenvalue weighted by Crippen LogP contribution is -2.47. The SMILES string of the molecule is CCCCCC/C=C\CCCCCCCCCC(=O)OC(/C=C/CCCCCCCCCCCC)C(COP(=O)([O-])OCC[N+](C)(C)C)NC(=O)CCCCCCCCCCCCCCCCCC. The van der Waals surface area contributed by atoms with Crippen LogP contribution in [0.3, 0.4) is 0 Å². The van der Waals surface area contributed by atoms with Crippen molar-refractivity contribution in [3.05, 3.63) is 24.3 Å². The number of nitrogens with zero attached hydrogens (tertiary/aromatic N) is 1. The molecule has 0 heterocycles. The molecule has 0 spiro atoms. The van der Waals surface area contributed by atoms with Crippen LogP contribution in [0.4, 0.5) is 0 Å². The fraction of sp³-hybridized carbons (Fsp3) is 0.898. The van der Waals surface area contributed by atoms with Crippen LogP contribution in [0.1, 0.15) is 290 Å². The molecule has 0 fully saturated rings. The summed E-state index contributed by atoms with van der Waals surface area (Å²) in [4.78, 5) is 39.9. The van der Waals surface area contributed by atoms with E-state index in [1.165, 1.54) is 186 Å². The number of allylic oxidation sites excluding steroid dienone is 3. The highest BCUT2D eigenvalue weighted by Crippen LogP contribution is 2.38. The standard InChI is InChI=1S/C59H115N2O7P/c1-7-10-13-16-19-22-25-28-30-32-33-36-39-42-45-48-51-58(62)60-56(55-67-69(64,65)66-54-53-61(4,5)6)57(50-47-44-41-38-35-27-24-21-18-15-12-9-3)68-59(63)52-49-46-43-40-37-34-31-29-26-23-20-17-14-11-8-2/h23,26,47,50,56-57H,7-22,24-25,27-46,48-49,51-55H2,1-6H3,(H-,60,62,64,65)/b26-23-,50-47+. The molecule has 1 N–H and O–H groups in total. The van der Waals surface area contributed by atoms with Crippen molar-refractivity contribution in [3.63, 3.8) is 0 Å². The highest BCUT2D eigenvalue weighted by atomic mass is 31.2. The van der Waals surface area contributed by atoms with Gasteiger partial charge in [0.05, 0.1) is 33.8 Å². The molecule has 0 saturated heterocycles. The van der Waals surface area contributed by atoms with Crippen molar-refractivity contribution in [3.8, 4) is 0 Å². The molecule has 9 nitrogen and oxygen atoms in total. The fourth-order valence-corrected chi connectivity index (χ4v) is 9.48. The van der Waals surface area contributed by atoms with E-state index in [1.807, 2.05) is 33.3 Å². The Hall–Kier alpha value is -1.51. The van der Waals surface area contributed by atoms with E-state index in [9.17, 15) is 19.0 Å². The zero-order valence-electron chi connectivity index (χ0n) is 46.5. The molecule has 0 bridgehead atoms. The van der Waals surface area contributed by atoms with Crippen molar-refractivity contribution in [1.82, 2.24) is 5.32 Å². The van der Waals surface area contributed by atoms with E-state index in [1.54, 1.807) is 0 Å². The molecule has 69 heavy (non-hydrogen) atoms. The van der Waals surface area contributed by atoms with Crippen LogP contribution in [0.2, 0.25) is 0 Å². The summed E-state index contributed by atoms with van der Waals surface area (Å²) in [6.45, 7) is 6.86. The van der Waals surface area contributed by atoms with E-state index in [0.717, 1.165) is 70.6 Å². The Morgan fingerprint density at radius 3 is 1.25 bits per heavy atom. The molecule has 3 unspecified atom stereocenters. The monoisotopic (exact) mass is 995 g/mol. The van der Waals surface area contributed by atoms with Gasteiger partial charge in [0, 0.05) is 12.8 Å². The number of hydrogen-bond acceptors (Lipinski definition) is 7. The number of hydrogen-bond donors (Lipinski definition) is 1. The van der Waals surface area contributed by atoms with E-state index in [0.29, 0.717) is 17.4 Å². The Morgan fingerprint density at radius 1 is 0.493 bits per heavy atom. The summed E-state index contributed by atoms with van der Waals surface area (Å²) in [5.41, 5.74) is 0. The first-order valence-corrected chi connectivity index (χ1v) is 31.1. The third kappa shape index (κ3) is 51.2. The topological polar surface area (TPSA) is 114 Å². The van der Waals surface area contributed by atoms with Crippen molar-refractivity contribution in [2.24, 2.45) is 0 Å². The zero-order valence-corrected chi connectivity index (χ0v) is 47.4. The van der Waals surface area contributed by atoms with Gasteiger partial charge in [-0.25, -0.2) is 0 Å². The first kappa shape index (κ1) is 67.5. The van der Waals surface area contributed by atoms with Gasteiger partial charge in [-0.05, 0) is 57.4 Å². The predicted molar refractivity (Wildman–Crippen MR) is 293 cm³/mol. The molecular weight excluding hydrogens is 880 g/mol. The predicted octanol–water partition coefficient (Wildman–Crippen LogP) is 17.1. The number of phosphoric acid groups is 1. The molecule has 0 saturated carbocycles. The lowest BCUT2D eigenvalue weighted by atomic mass is 10.0. The van der Waals surface area contributed by atoms with Crippen LogP contribution in [-0.2, 0) is 27.9 Å². The fourth-order valence-electron chi connectivity index (χ4n) is 8.75. The first-order valence-electron chi connectivity index (χ1n) is 29.6. The number of quaternary nitrogens is 1. The van der Waals surface area contributed by atoms with Gasteiger partial charge in [0.25, 0.3) is 7.82 Å². The highest BCUT2D eigenvalue weighted by Gasteiger charge is 2.27. The van der Waals surface area contributed by atoms with Crippen molar-refractivity contribution < 1.29 is 37.3 Å². The molecule has 0 aromatic carbocycles. The van der Waals surface area contributed by atoms with Crippen molar-refractivity contribution >= 4 is 19.7 Å². The molecule has 408 valence electrons. The average Bonchev–Trinajstić information content (AvgIpc) is 3.31. The molecule has 0 aromatic heterocycles. The molecule has 0 rings (SSSR count). The van der Waals surface area contributed by atoms with E-state index in [-0.39, 0.29) is 31.5 Å². The summed E-state index contributed by atoms with van der Waals surface area (Å²) < 4.78 is 30.3. The summed E-state index contributed by atoms with van der Waals surface area (Å²) in [5.74, 6) is -0.533. The van der Waals surface area contributed by atoms with Crippen LogP contribution in [-0.4, -0.2) is 69.4 Å². The van der Waals surface area contributed by atoms with Gasteiger partial charge in [-0.2, -0.15) is 0 Å². The van der Waals surface area contributed by atoms with Crippen LogP contribution >= 0.6 is 7.82 Å². The second-order valence-corrected chi connectivity index (χ2v) is 22.9. The Labute approximate surface area is 428 Å². The van der Waals surface area contributed by atoms with Crippen molar-refractivity contribution in [2.45, 2.75) is 303 Å². The number of likely N-dealkylation sites (N-methyl/N-ethyl adjacent to an activating group) is 1. The number of unbranched alkanes of at least 4 members (excludes halogenated alkanes) is 36. The molecular formula is C59H115N2O7P. The van der Waals surface area contributed by atoms with Gasteiger partial charge in [0.15, 0.2) is 0 Å². The number of nitrogens with one attached hydrogen (secondary N) is 1. The summed E-state index contributed by atoms with van der Waals surface area (Å²) in [5, 5.41) is 3.03. The lowest BCUT2D eigenvalue weighted by Gasteiger charge is -2.30. The summed E-state index contributed by atoms with van der Waals surface area (Å²) in [6, 6.07) is -0.883. The van der Waals surface area contributed by atoms with Gasteiger partial charge < -0.3 is 28.5 Å². The first-order chi connectivity index (χ1) is 33.4. The molecule has 0 radical (unpaired) electrons. The van der Waals surface area contributed by atoms with Crippen LogP contribution < -0.4 is 10.2 Å². The van der Waals surface area contributed by atoms with Gasteiger partial charge in [-0.3, -0.25) is 14.2 Å². The van der Waals surface area contributed by atoms with Gasteiger partial charge >= 0.3 is 5.97 Å². The number of amides is 1. The van der Waals surface area contributed by atoms with E-state index < -0.39 is 20.0 Å². The second kappa shape index (κ2) is 50.0. The molecule has 0 aliphatic carbocycles. The van der Waals surface area contributed by atoms with Crippen molar-refractivity contribution in [2.75, 3.05) is 40.9 Å². The number of ether oxygens (including phenoxy) is 1. The second-order valence-electron chi connectivity index (χ2n) is 21.5. The zero-order chi connectivity index (χ0) is 50.8. The lowest BCUT2D eigenvalue weighted by molar-refractivity contribution is -0.870. The van der Waals surface area contributed by atoms with Crippen LogP contribution in [0.15, 0.2) is 24.3 Å². The Morgan fingerprint density at radius 2 is 0.841 bits per heavy atom. The van der Waals surface area contributed by atoms with Gasteiger partial charge in [0.1, 0.15) is 19.3 Å². The molecule has 0 aromatic rings. The number of carbonyl (C=O) groups is 2.